The Labute approximate surface area is 103 Å². The van der Waals surface area contributed by atoms with Crippen molar-refractivity contribution in [1.29, 1.82) is 0 Å². The largest absolute Gasteiger partial charge is 0.490 e. The maximum absolute atomic E-state index is 11.7. The fourth-order valence-electron chi connectivity index (χ4n) is 1.34. The van der Waals surface area contributed by atoms with E-state index in [1.807, 2.05) is 0 Å². The summed E-state index contributed by atoms with van der Waals surface area (Å²) in [4.78, 5) is 19.8. The molecular weight excluding hydrogens is 234 g/mol. The van der Waals surface area contributed by atoms with E-state index in [1.54, 1.807) is 18.5 Å². The standard InChI is InChI=1S/C11H13N5O2/c12-2-5-18-9-6-11(17)16(15-7-9)8-10-13-3-1-4-14-10/h1,3-4,6-7H,2,5,8,12H2. The van der Waals surface area contributed by atoms with Gasteiger partial charge in [0.15, 0.2) is 0 Å². The second-order valence-corrected chi connectivity index (χ2v) is 3.49. The molecule has 7 heteroatoms. The monoisotopic (exact) mass is 247 g/mol. The van der Waals surface area contributed by atoms with E-state index in [4.69, 9.17) is 10.5 Å². The summed E-state index contributed by atoms with van der Waals surface area (Å²) in [7, 11) is 0. The van der Waals surface area contributed by atoms with Crippen LogP contribution >= 0.6 is 0 Å². The summed E-state index contributed by atoms with van der Waals surface area (Å²) < 4.78 is 6.48. The predicted molar refractivity (Wildman–Crippen MR) is 64.2 cm³/mol. The lowest BCUT2D eigenvalue weighted by Crippen LogP contribution is -2.24. The summed E-state index contributed by atoms with van der Waals surface area (Å²) in [5.41, 5.74) is 5.03. The van der Waals surface area contributed by atoms with E-state index in [0.717, 1.165) is 0 Å². The number of aromatic nitrogens is 4. The first-order valence-electron chi connectivity index (χ1n) is 5.45. The molecule has 7 nitrogen and oxygen atoms in total. The fraction of sp³-hybridized carbons (Fsp3) is 0.273. The van der Waals surface area contributed by atoms with E-state index >= 15 is 0 Å². The number of hydrogen-bond acceptors (Lipinski definition) is 6. The molecule has 0 amide bonds. The van der Waals surface area contributed by atoms with Gasteiger partial charge in [-0.1, -0.05) is 0 Å². The number of hydrogen-bond donors (Lipinski definition) is 1. The molecule has 0 aliphatic rings. The summed E-state index contributed by atoms with van der Waals surface area (Å²) in [6.07, 6.45) is 4.71. The fourth-order valence-corrected chi connectivity index (χ4v) is 1.34. The highest BCUT2D eigenvalue weighted by molar-refractivity contribution is 5.13. The van der Waals surface area contributed by atoms with Crippen LogP contribution in [0.4, 0.5) is 0 Å². The molecule has 2 N–H and O–H groups in total. The van der Waals surface area contributed by atoms with Crippen LogP contribution in [0.1, 0.15) is 5.82 Å². The number of nitrogens with two attached hydrogens (primary N) is 1. The lowest BCUT2D eigenvalue weighted by Gasteiger charge is -2.06. The SMILES string of the molecule is NCCOc1cnn(Cc2ncccn2)c(=O)c1. The highest BCUT2D eigenvalue weighted by atomic mass is 16.5. The Bertz CT molecular complexity index is 555. The number of ether oxygens (including phenoxy) is 1. The van der Waals surface area contributed by atoms with Gasteiger partial charge in [-0.2, -0.15) is 5.10 Å². The van der Waals surface area contributed by atoms with Crippen LogP contribution in [0.2, 0.25) is 0 Å². The van der Waals surface area contributed by atoms with Crippen molar-refractivity contribution in [2.45, 2.75) is 6.54 Å². The van der Waals surface area contributed by atoms with Crippen LogP contribution in [0.25, 0.3) is 0 Å². The molecule has 0 saturated heterocycles. The summed E-state index contributed by atoms with van der Waals surface area (Å²) in [6, 6.07) is 3.08. The Kier molecular flexibility index (Phi) is 3.98. The summed E-state index contributed by atoms with van der Waals surface area (Å²) in [5, 5.41) is 3.98. The zero-order valence-electron chi connectivity index (χ0n) is 9.69. The van der Waals surface area contributed by atoms with Crippen molar-refractivity contribution in [1.82, 2.24) is 19.7 Å². The van der Waals surface area contributed by atoms with Gasteiger partial charge < -0.3 is 10.5 Å². The molecule has 0 aliphatic carbocycles. The van der Waals surface area contributed by atoms with Crippen LogP contribution in [0.3, 0.4) is 0 Å². The molecular formula is C11H13N5O2. The molecule has 0 atom stereocenters. The first kappa shape index (κ1) is 12.2. The molecule has 0 spiro atoms. The van der Waals surface area contributed by atoms with Gasteiger partial charge >= 0.3 is 0 Å². The van der Waals surface area contributed by atoms with Crippen LogP contribution in [0, 0.1) is 0 Å². The molecule has 2 aromatic heterocycles. The molecule has 0 fully saturated rings. The van der Waals surface area contributed by atoms with Gasteiger partial charge in [-0.15, -0.1) is 0 Å². The third-order valence-corrected chi connectivity index (χ3v) is 2.14. The second-order valence-electron chi connectivity index (χ2n) is 3.49. The maximum atomic E-state index is 11.7. The highest BCUT2D eigenvalue weighted by Gasteiger charge is 2.03. The third kappa shape index (κ3) is 3.11. The first-order chi connectivity index (χ1) is 8.79. The van der Waals surface area contributed by atoms with Gasteiger partial charge in [0.2, 0.25) is 0 Å². The Morgan fingerprint density at radius 3 is 2.78 bits per heavy atom. The molecule has 0 aromatic carbocycles. The van der Waals surface area contributed by atoms with Crippen LogP contribution in [0.5, 0.6) is 5.75 Å². The van der Waals surface area contributed by atoms with Gasteiger partial charge in [-0.05, 0) is 6.07 Å². The molecule has 2 heterocycles. The van der Waals surface area contributed by atoms with Crippen LogP contribution in [-0.2, 0) is 6.54 Å². The Hall–Kier alpha value is -2.28. The average molecular weight is 247 g/mol. The normalized spacial score (nSPS) is 10.3. The van der Waals surface area contributed by atoms with Gasteiger partial charge in [0.25, 0.3) is 5.56 Å². The minimum atomic E-state index is -0.267. The lowest BCUT2D eigenvalue weighted by molar-refractivity contribution is 0.324. The Balaban J connectivity index is 2.13. The lowest BCUT2D eigenvalue weighted by atomic mass is 10.5. The zero-order valence-corrected chi connectivity index (χ0v) is 9.69. The smallest absolute Gasteiger partial charge is 0.270 e. The summed E-state index contributed by atoms with van der Waals surface area (Å²) in [6.45, 7) is 0.977. The van der Waals surface area contributed by atoms with Crippen molar-refractivity contribution in [3.05, 3.63) is 46.9 Å². The topological polar surface area (TPSA) is 95.9 Å². The van der Waals surface area contributed by atoms with Gasteiger partial charge in [-0.25, -0.2) is 14.6 Å². The molecule has 18 heavy (non-hydrogen) atoms. The molecule has 0 unspecified atom stereocenters. The van der Waals surface area contributed by atoms with E-state index in [-0.39, 0.29) is 12.1 Å². The summed E-state index contributed by atoms with van der Waals surface area (Å²) in [5.74, 6) is 0.943. The molecule has 94 valence electrons. The van der Waals surface area contributed by atoms with Crippen molar-refractivity contribution in [3.63, 3.8) is 0 Å². The third-order valence-electron chi connectivity index (χ3n) is 2.14. The molecule has 0 radical (unpaired) electrons. The van der Waals surface area contributed by atoms with E-state index < -0.39 is 0 Å². The van der Waals surface area contributed by atoms with Gasteiger partial charge in [0.05, 0.1) is 6.20 Å². The van der Waals surface area contributed by atoms with Crippen LogP contribution in [-0.4, -0.2) is 32.9 Å². The van der Waals surface area contributed by atoms with Crippen LogP contribution < -0.4 is 16.0 Å². The first-order valence-corrected chi connectivity index (χ1v) is 5.45. The van der Waals surface area contributed by atoms with Crippen molar-refractivity contribution in [3.8, 4) is 5.75 Å². The van der Waals surface area contributed by atoms with Gasteiger partial charge in [0.1, 0.15) is 24.7 Å². The average Bonchev–Trinajstić information content (AvgIpc) is 2.40. The van der Waals surface area contributed by atoms with E-state index in [0.29, 0.717) is 24.7 Å². The predicted octanol–water partition coefficient (Wildman–Crippen LogP) is -0.581. The Morgan fingerprint density at radius 2 is 2.11 bits per heavy atom. The molecule has 0 aliphatic heterocycles. The molecule has 2 rings (SSSR count). The van der Waals surface area contributed by atoms with E-state index in [1.165, 1.54) is 16.9 Å². The number of nitrogens with zero attached hydrogens (tertiary/aromatic N) is 4. The molecule has 2 aromatic rings. The van der Waals surface area contributed by atoms with Crippen molar-refractivity contribution < 1.29 is 4.74 Å². The minimum Gasteiger partial charge on any atom is -0.490 e. The van der Waals surface area contributed by atoms with Crippen LogP contribution in [0.15, 0.2) is 35.5 Å². The highest BCUT2D eigenvalue weighted by Crippen LogP contribution is 2.03. The van der Waals surface area contributed by atoms with E-state index in [2.05, 4.69) is 15.1 Å². The molecule has 0 saturated carbocycles. The zero-order chi connectivity index (χ0) is 12.8. The van der Waals surface area contributed by atoms with Crippen molar-refractivity contribution >= 4 is 0 Å². The van der Waals surface area contributed by atoms with Gasteiger partial charge in [0, 0.05) is 25.0 Å². The quantitative estimate of drug-likeness (QED) is 0.759. The maximum Gasteiger partial charge on any atom is 0.270 e. The minimum absolute atomic E-state index is 0.233. The van der Waals surface area contributed by atoms with E-state index in [9.17, 15) is 4.79 Å². The van der Waals surface area contributed by atoms with Crippen molar-refractivity contribution in [2.75, 3.05) is 13.2 Å². The summed E-state index contributed by atoms with van der Waals surface area (Å²) >= 11 is 0. The number of rotatable bonds is 5. The van der Waals surface area contributed by atoms with Crippen molar-refractivity contribution in [2.24, 2.45) is 5.73 Å². The second kappa shape index (κ2) is 5.87. The molecule has 0 bridgehead atoms. The Morgan fingerprint density at radius 1 is 1.33 bits per heavy atom. The van der Waals surface area contributed by atoms with Gasteiger partial charge in [-0.3, -0.25) is 4.79 Å².